The molecular formula is C14H24N4O. The lowest BCUT2D eigenvalue weighted by atomic mass is 10.4. The summed E-state index contributed by atoms with van der Waals surface area (Å²) in [6.07, 6.45) is 3.76. The van der Waals surface area contributed by atoms with Crippen LogP contribution >= 0.6 is 0 Å². The van der Waals surface area contributed by atoms with Crippen LogP contribution in [0.5, 0.6) is 0 Å². The van der Waals surface area contributed by atoms with Crippen LogP contribution in [0, 0.1) is 5.92 Å². The molecule has 106 valence electrons. The van der Waals surface area contributed by atoms with Gasteiger partial charge in [-0.15, -0.1) is 0 Å². The summed E-state index contributed by atoms with van der Waals surface area (Å²) in [6.45, 7) is 7.20. The molecule has 1 aliphatic carbocycles. The van der Waals surface area contributed by atoms with Crippen molar-refractivity contribution in [1.29, 1.82) is 0 Å². The van der Waals surface area contributed by atoms with Crippen molar-refractivity contribution in [2.75, 3.05) is 30.3 Å². The lowest BCUT2D eigenvalue weighted by Gasteiger charge is -2.11. The third-order valence-corrected chi connectivity index (χ3v) is 3.03. The van der Waals surface area contributed by atoms with E-state index in [2.05, 4.69) is 27.5 Å². The minimum Gasteiger partial charge on any atom is -0.374 e. The summed E-state index contributed by atoms with van der Waals surface area (Å²) < 4.78 is 5.39. The predicted octanol–water partition coefficient (Wildman–Crippen LogP) is 2.66. The number of rotatable bonds is 9. The first kappa shape index (κ1) is 14.1. The molecule has 2 N–H and O–H groups in total. The van der Waals surface area contributed by atoms with Gasteiger partial charge in [0, 0.05) is 25.8 Å². The van der Waals surface area contributed by atoms with Crippen molar-refractivity contribution in [3.8, 4) is 0 Å². The Hall–Kier alpha value is -1.36. The number of nitrogens with one attached hydrogen (secondary N) is 2. The van der Waals surface area contributed by atoms with Gasteiger partial charge in [-0.2, -0.15) is 0 Å². The van der Waals surface area contributed by atoms with Crippen LogP contribution in [0.2, 0.25) is 0 Å². The minimum atomic E-state index is 0.469. The average Bonchev–Trinajstić information content (AvgIpc) is 3.25. The highest BCUT2D eigenvalue weighted by atomic mass is 16.5. The van der Waals surface area contributed by atoms with Crippen molar-refractivity contribution in [3.05, 3.63) is 11.9 Å². The fraction of sp³-hybridized carbons (Fsp3) is 0.714. The number of hydrogen-bond donors (Lipinski definition) is 2. The molecule has 0 saturated heterocycles. The lowest BCUT2D eigenvalue weighted by Crippen LogP contribution is -2.11. The van der Waals surface area contributed by atoms with Crippen LogP contribution in [0.1, 0.15) is 38.9 Å². The molecule has 0 aromatic carbocycles. The van der Waals surface area contributed by atoms with E-state index in [9.17, 15) is 0 Å². The van der Waals surface area contributed by atoms with Crippen LogP contribution in [-0.2, 0) is 11.3 Å². The monoisotopic (exact) mass is 264 g/mol. The van der Waals surface area contributed by atoms with Gasteiger partial charge in [0.05, 0.1) is 0 Å². The Bertz CT molecular complexity index is 367. The molecule has 0 bridgehead atoms. The van der Waals surface area contributed by atoms with Gasteiger partial charge < -0.3 is 15.4 Å². The van der Waals surface area contributed by atoms with Crippen LogP contribution < -0.4 is 10.6 Å². The minimum absolute atomic E-state index is 0.469. The van der Waals surface area contributed by atoms with Crippen molar-refractivity contribution in [1.82, 2.24) is 9.97 Å². The number of ether oxygens (including phenoxy) is 1. The van der Waals surface area contributed by atoms with Gasteiger partial charge in [0.15, 0.2) is 5.82 Å². The van der Waals surface area contributed by atoms with Crippen LogP contribution in [0.3, 0.4) is 0 Å². The summed E-state index contributed by atoms with van der Waals surface area (Å²) in [7, 11) is 0. The SMILES string of the molecule is CCCNc1cc(NCC2CC2)nc(COCC)n1. The Morgan fingerprint density at radius 3 is 2.58 bits per heavy atom. The van der Waals surface area contributed by atoms with Crippen LogP contribution in [-0.4, -0.2) is 29.7 Å². The summed E-state index contributed by atoms with van der Waals surface area (Å²) in [5.74, 6) is 3.35. The second kappa shape index (κ2) is 7.28. The van der Waals surface area contributed by atoms with Gasteiger partial charge >= 0.3 is 0 Å². The standard InChI is InChI=1S/C14H24N4O/c1-3-7-15-12-8-13(16-9-11-5-6-11)18-14(17-12)10-19-4-2/h8,11H,3-7,9-10H2,1-2H3,(H2,15,16,17,18). The normalized spacial score (nSPS) is 14.4. The van der Waals surface area contributed by atoms with Crippen molar-refractivity contribution >= 4 is 11.6 Å². The van der Waals surface area contributed by atoms with Crippen molar-refractivity contribution < 1.29 is 4.74 Å². The van der Waals surface area contributed by atoms with Crippen molar-refractivity contribution in [2.24, 2.45) is 5.92 Å². The fourth-order valence-corrected chi connectivity index (χ4v) is 1.76. The van der Waals surface area contributed by atoms with Crippen LogP contribution in [0.15, 0.2) is 6.07 Å². The third-order valence-electron chi connectivity index (χ3n) is 3.03. The Labute approximate surface area is 115 Å². The molecule has 0 aliphatic heterocycles. The smallest absolute Gasteiger partial charge is 0.158 e. The predicted molar refractivity (Wildman–Crippen MR) is 77.4 cm³/mol. The summed E-state index contributed by atoms with van der Waals surface area (Å²) in [5, 5.41) is 6.70. The van der Waals surface area contributed by atoms with Gasteiger partial charge in [-0.3, -0.25) is 0 Å². The summed E-state index contributed by atoms with van der Waals surface area (Å²) in [6, 6.07) is 1.98. The van der Waals surface area contributed by atoms with Gasteiger partial charge in [-0.05, 0) is 32.1 Å². The van der Waals surface area contributed by atoms with E-state index in [1.807, 2.05) is 13.0 Å². The molecule has 19 heavy (non-hydrogen) atoms. The average molecular weight is 264 g/mol. The maximum absolute atomic E-state index is 5.39. The third kappa shape index (κ3) is 5.03. The summed E-state index contributed by atoms with van der Waals surface area (Å²) in [5.41, 5.74) is 0. The molecule has 1 heterocycles. The van der Waals surface area contributed by atoms with Crippen LogP contribution in [0.4, 0.5) is 11.6 Å². The fourth-order valence-electron chi connectivity index (χ4n) is 1.76. The van der Waals surface area contributed by atoms with Gasteiger partial charge in [0.1, 0.15) is 18.2 Å². The van der Waals surface area contributed by atoms with Crippen molar-refractivity contribution in [2.45, 2.75) is 39.7 Å². The number of nitrogens with zero attached hydrogens (tertiary/aromatic N) is 2. The van der Waals surface area contributed by atoms with E-state index in [1.165, 1.54) is 12.8 Å². The molecule has 1 aromatic heterocycles. The zero-order chi connectivity index (χ0) is 13.5. The molecule has 5 heteroatoms. The van der Waals surface area contributed by atoms with Gasteiger partial charge in [0.2, 0.25) is 0 Å². The molecule has 1 aromatic rings. The topological polar surface area (TPSA) is 59.1 Å². The molecule has 0 radical (unpaired) electrons. The first-order valence-electron chi connectivity index (χ1n) is 7.25. The molecule has 1 saturated carbocycles. The van der Waals surface area contributed by atoms with Gasteiger partial charge in [-0.1, -0.05) is 6.92 Å². The van der Waals surface area contributed by atoms with E-state index in [1.54, 1.807) is 0 Å². The van der Waals surface area contributed by atoms with E-state index in [0.717, 1.165) is 42.9 Å². The van der Waals surface area contributed by atoms with Gasteiger partial charge in [-0.25, -0.2) is 9.97 Å². The first-order chi connectivity index (χ1) is 9.31. The largest absolute Gasteiger partial charge is 0.374 e. The van der Waals surface area contributed by atoms with E-state index in [4.69, 9.17) is 4.74 Å². The second-order valence-corrected chi connectivity index (χ2v) is 4.94. The quantitative estimate of drug-likeness (QED) is 0.718. The maximum atomic E-state index is 5.39. The number of hydrogen-bond acceptors (Lipinski definition) is 5. The van der Waals surface area contributed by atoms with Crippen molar-refractivity contribution in [3.63, 3.8) is 0 Å². The summed E-state index contributed by atoms with van der Waals surface area (Å²) >= 11 is 0. The molecule has 0 atom stereocenters. The second-order valence-electron chi connectivity index (χ2n) is 4.94. The summed E-state index contributed by atoms with van der Waals surface area (Å²) in [4.78, 5) is 8.96. The molecule has 1 fully saturated rings. The Morgan fingerprint density at radius 2 is 1.95 bits per heavy atom. The molecule has 1 aliphatic rings. The first-order valence-corrected chi connectivity index (χ1v) is 7.25. The van der Waals surface area contributed by atoms with E-state index in [0.29, 0.717) is 13.2 Å². The number of aromatic nitrogens is 2. The molecule has 0 spiro atoms. The van der Waals surface area contributed by atoms with E-state index in [-0.39, 0.29) is 0 Å². The van der Waals surface area contributed by atoms with E-state index < -0.39 is 0 Å². The van der Waals surface area contributed by atoms with E-state index >= 15 is 0 Å². The maximum Gasteiger partial charge on any atom is 0.158 e. The van der Waals surface area contributed by atoms with Crippen LogP contribution in [0.25, 0.3) is 0 Å². The molecule has 0 amide bonds. The highest BCUT2D eigenvalue weighted by Crippen LogP contribution is 2.28. The number of anilines is 2. The highest BCUT2D eigenvalue weighted by molar-refractivity contribution is 5.47. The molecule has 2 rings (SSSR count). The zero-order valence-corrected chi connectivity index (χ0v) is 11.9. The molecule has 0 unspecified atom stereocenters. The molecule has 5 nitrogen and oxygen atoms in total. The zero-order valence-electron chi connectivity index (χ0n) is 11.9. The Kier molecular flexibility index (Phi) is 5.39. The Balaban J connectivity index is 2.00. The lowest BCUT2D eigenvalue weighted by molar-refractivity contribution is 0.128. The molecular weight excluding hydrogens is 240 g/mol. The highest BCUT2D eigenvalue weighted by Gasteiger charge is 2.20. The Morgan fingerprint density at radius 1 is 1.21 bits per heavy atom. The van der Waals surface area contributed by atoms with Gasteiger partial charge in [0.25, 0.3) is 0 Å².